The number of benzene rings is 2. The number of rotatable bonds is 5. The Bertz CT molecular complexity index is 2280. The average molecular weight is 768 g/mol. The van der Waals surface area contributed by atoms with Crippen LogP contribution in [0.15, 0.2) is 85.6 Å². The number of methoxy groups -OCH3 is 2. The van der Waals surface area contributed by atoms with Crippen molar-refractivity contribution in [3.05, 3.63) is 99.1 Å². The summed E-state index contributed by atoms with van der Waals surface area (Å²) in [5.41, 5.74) is 2.40. The van der Waals surface area contributed by atoms with E-state index in [0.717, 1.165) is 24.2 Å². The second-order valence-electron chi connectivity index (χ2n) is 14.9. The van der Waals surface area contributed by atoms with Crippen molar-refractivity contribution >= 4 is 40.4 Å². The van der Waals surface area contributed by atoms with Crippen LogP contribution in [-0.4, -0.2) is 76.7 Å². The van der Waals surface area contributed by atoms with Gasteiger partial charge in [0, 0.05) is 60.7 Å². The van der Waals surface area contributed by atoms with Crippen LogP contribution >= 0.6 is 0 Å². The van der Waals surface area contributed by atoms with Crippen LogP contribution in [0.1, 0.15) is 74.4 Å². The number of hydrogen-bond acceptors (Lipinski definition) is 12. The van der Waals surface area contributed by atoms with Crippen LogP contribution in [-0.2, 0) is 34.0 Å². The van der Waals surface area contributed by atoms with E-state index in [1.54, 1.807) is 6.07 Å². The van der Waals surface area contributed by atoms with Crippen LogP contribution in [0.25, 0.3) is 22.1 Å². The van der Waals surface area contributed by atoms with Crippen molar-refractivity contribution < 1.29 is 47.0 Å². The van der Waals surface area contributed by atoms with Gasteiger partial charge in [0.25, 0.3) is 0 Å². The van der Waals surface area contributed by atoms with Gasteiger partial charge in [-0.2, -0.15) is 0 Å². The summed E-state index contributed by atoms with van der Waals surface area (Å²) >= 11 is 0. The van der Waals surface area contributed by atoms with Crippen LogP contribution < -0.4 is 10.3 Å². The molecule has 0 radical (unpaired) electrons. The molecule has 2 fully saturated rings. The molecule has 0 amide bonds. The number of morpholine rings is 1. The molecule has 1 unspecified atom stereocenters. The lowest BCUT2D eigenvalue weighted by Gasteiger charge is -2.51. The molecule has 0 spiro atoms. The van der Waals surface area contributed by atoms with Crippen molar-refractivity contribution in [3.8, 4) is 11.1 Å². The number of cyclic esters (lactones) is 1. The highest BCUT2D eigenvalue weighted by molar-refractivity contribution is 6.15. The molecule has 2 aliphatic heterocycles. The van der Waals surface area contributed by atoms with E-state index in [1.165, 1.54) is 20.5 Å². The molecule has 4 aromatic rings. The molecule has 0 bridgehead atoms. The van der Waals surface area contributed by atoms with Crippen molar-refractivity contribution in [1.82, 2.24) is 0 Å². The lowest BCUT2D eigenvalue weighted by atomic mass is 9.52. The smallest absolute Gasteiger partial charge is 0.342 e. The highest BCUT2D eigenvalue weighted by atomic mass is 16.6. The minimum absolute atomic E-state index is 0. The molecule has 296 valence electrons. The number of ketones is 2. The highest BCUT2D eigenvalue weighted by Crippen LogP contribution is 2.62. The molecule has 4 heterocycles. The van der Waals surface area contributed by atoms with E-state index in [0.29, 0.717) is 59.6 Å². The Balaban J connectivity index is 0.000000191. The number of fused-ring (bicyclic) bond motifs is 4. The first kappa shape index (κ1) is 40.3. The summed E-state index contributed by atoms with van der Waals surface area (Å²) < 4.78 is 33.3. The van der Waals surface area contributed by atoms with Crippen LogP contribution in [0.3, 0.4) is 0 Å². The van der Waals surface area contributed by atoms with Gasteiger partial charge in [0.15, 0.2) is 17.1 Å². The van der Waals surface area contributed by atoms with Gasteiger partial charge in [-0.15, -0.1) is 0 Å². The molecule has 9 rings (SSSR count). The Morgan fingerprint density at radius 2 is 1.68 bits per heavy atom. The summed E-state index contributed by atoms with van der Waals surface area (Å²) in [6, 6.07) is 17.3. The zero-order valence-corrected chi connectivity index (χ0v) is 30.6. The lowest BCUT2D eigenvalue weighted by Crippen LogP contribution is -2.56. The van der Waals surface area contributed by atoms with Gasteiger partial charge in [0.1, 0.15) is 29.3 Å². The summed E-state index contributed by atoms with van der Waals surface area (Å²) in [7, 11) is 2.79. The fourth-order valence-electron chi connectivity index (χ4n) is 9.35. The molecule has 1 saturated carbocycles. The number of furan rings is 1. The molecule has 5 atom stereocenters. The number of carbonyl (C=O) groups excluding carboxylic acids is 4. The highest BCUT2D eigenvalue weighted by Gasteiger charge is 2.64. The first-order valence-electron chi connectivity index (χ1n) is 18.2. The normalized spacial score (nSPS) is 26.1. The predicted octanol–water partition coefficient (Wildman–Crippen LogP) is 6.96. The Morgan fingerprint density at radius 3 is 2.38 bits per heavy atom. The summed E-state index contributed by atoms with van der Waals surface area (Å²) in [6.45, 7) is 6.55. The average Bonchev–Trinajstić information content (AvgIpc) is 3.78. The monoisotopic (exact) mass is 767 g/mol. The van der Waals surface area contributed by atoms with Gasteiger partial charge in [-0.25, -0.2) is 4.79 Å². The van der Waals surface area contributed by atoms with Crippen molar-refractivity contribution in [2.45, 2.75) is 59.5 Å². The Kier molecular flexibility index (Phi) is 11.0. The first-order valence-corrected chi connectivity index (χ1v) is 18.2. The number of carbonyl (C=O) groups is 4. The van der Waals surface area contributed by atoms with E-state index >= 15 is 0 Å². The maximum Gasteiger partial charge on any atom is 0.342 e. The van der Waals surface area contributed by atoms with Crippen molar-refractivity contribution in [1.29, 1.82) is 0 Å². The third-order valence-electron chi connectivity index (χ3n) is 12.1. The van der Waals surface area contributed by atoms with Gasteiger partial charge in [-0.1, -0.05) is 64.2 Å². The topological polar surface area (TPSA) is 152 Å². The van der Waals surface area contributed by atoms with Gasteiger partial charge in [0.2, 0.25) is 5.78 Å². The SMILES string of the molecule is C.C.COC[C@H]1OC(=O)c2coc3c2[C@@]1(C)C1=C(C3=O)C2CCC(=O)[C@@]2(C)C[C@H]1C(=O)OC.O=c1cc(N2CCOCC2)oc2c(-c3ccccc3)cccc12. The van der Waals surface area contributed by atoms with E-state index in [4.69, 9.17) is 27.8 Å². The maximum atomic E-state index is 13.7. The second kappa shape index (κ2) is 15.3. The molecule has 1 saturated heterocycles. The number of para-hydroxylation sites is 1. The lowest BCUT2D eigenvalue weighted by molar-refractivity contribution is -0.147. The molecular weight excluding hydrogens is 718 g/mol. The number of nitrogens with zero attached hydrogens (tertiary/aromatic N) is 1. The number of allylic oxidation sites excluding steroid dienone is 1. The van der Waals surface area contributed by atoms with Crippen molar-refractivity contribution in [2.24, 2.45) is 17.3 Å². The molecule has 12 nitrogen and oxygen atoms in total. The summed E-state index contributed by atoms with van der Waals surface area (Å²) in [5, 5.41) is 0.614. The zero-order chi connectivity index (χ0) is 37.9. The van der Waals surface area contributed by atoms with Gasteiger partial charge in [-0.05, 0) is 37.0 Å². The second-order valence-corrected chi connectivity index (χ2v) is 14.9. The Hall–Kier alpha value is -5.33. The number of ether oxygens (including phenoxy) is 4. The van der Waals surface area contributed by atoms with Crippen molar-refractivity contribution in [2.75, 3.05) is 52.0 Å². The fourth-order valence-corrected chi connectivity index (χ4v) is 9.35. The summed E-state index contributed by atoms with van der Waals surface area (Å²) in [4.78, 5) is 66.8. The molecule has 2 aromatic heterocycles. The zero-order valence-electron chi connectivity index (χ0n) is 30.6. The molecule has 5 aliphatic rings. The van der Waals surface area contributed by atoms with E-state index in [9.17, 15) is 24.0 Å². The number of esters is 2. The summed E-state index contributed by atoms with van der Waals surface area (Å²) in [6.07, 6.45) is 1.61. The quantitative estimate of drug-likeness (QED) is 0.193. The van der Waals surface area contributed by atoms with Crippen LogP contribution in [0.5, 0.6) is 0 Å². The van der Waals surface area contributed by atoms with E-state index < -0.39 is 34.8 Å². The minimum atomic E-state index is -1.02. The third-order valence-corrected chi connectivity index (χ3v) is 12.1. The Morgan fingerprint density at radius 1 is 0.946 bits per heavy atom. The Labute approximate surface area is 325 Å². The van der Waals surface area contributed by atoms with Crippen LogP contribution in [0.4, 0.5) is 5.88 Å². The number of hydrogen-bond donors (Lipinski definition) is 0. The molecule has 56 heavy (non-hydrogen) atoms. The fraction of sp³-hybridized carbons (Fsp3) is 0.432. The molecule has 3 aliphatic carbocycles. The molecular formula is C44H49NO11. The van der Waals surface area contributed by atoms with E-state index in [1.807, 2.05) is 62.4 Å². The first-order chi connectivity index (χ1) is 26.0. The predicted molar refractivity (Wildman–Crippen MR) is 209 cm³/mol. The van der Waals surface area contributed by atoms with Crippen molar-refractivity contribution in [3.63, 3.8) is 0 Å². The number of Topliss-reactive ketones (excluding diaryl/α,β-unsaturated/α-hetero) is 2. The molecule has 2 aromatic carbocycles. The van der Waals surface area contributed by atoms with E-state index in [-0.39, 0.29) is 62.1 Å². The van der Waals surface area contributed by atoms with Crippen LogP contribution in [0.2, 0.25) is 0 Å². The maximum absolute atomic E-state index is 13.7. The summed E-state index contributed by atoms with van der Waals surface area (Å²) in [5.74, 6) is -1.86. The minimum Gasteiger partial charge on any atom is -0.469 e. The molecule has 0 N–H and O–H groups in total. The largest absolute Gasteiger partial charge is 0.469 e. The molecule has 12 heteroatoms. The van der Waals surface area contributed by atoms with Gasteiger partial charge in [-0.3, -0.25) is 19.2 Å². The standard InChI is InChI=1S/C23H24O8.C19H17NO3.2CH4/c1-22-7-10(20(26)29-4)16-15(12(22)5-6-13(22)24)18(25)19-17-11(8-30-19)21(27)31-14(9-28-3)23(16,17)2;21-17-13-18(20-9-11-22-12-10-20)23-19-15(7-4-8-16(17)19)14-5-2-1-3-6-14;;/h8,10,12,14H,5-7,9H2,1-4H3;1-8,13H,9-12H2;2*1H4/t10-,12?,14-,22+,23-;;;/m1.../s1. The van der Waals surface area contributed by atoms with E-state index in [2.05, 4.69) is 4.90 Å². The van der Waals surface area contributed by atoms with Gasteiger partial charge >= 0.3 is 11.9 Å². The van der Waals surface area contributed by atoms with Gasteiger partial charge in [0.05, 0.1) is 43.6 Å². The number of anilines is 1. The third kappa shape index (κ3) is 6.10. The van der Waals surface area contributed by atoms with Gasteiger partial charge < -0.3 is 32.7 Å². The van der Waals surface area contributed by atoms with Crippen LogP contribution in [0, 0.1) is 17.3 Å².